The number of methoxy groups -OCH3 is 1. The fraction of sp³-hybridized carbons (Fsp3) is 0.308. The predicted octanol–water partition coefficient (Wildman–Crippen LogP) is 1.20. The van der Waals surface area contributed by atoms with E-state index in [1.807, 2.05) is 30.3 Å². The minimum absolute atomic E-state index is 0.100. The van der Waals surface area contributed by atoms with Crippen LogP contribution in [0.2, 0.25) is 0 Å². The number of pyridine rings is 1. The molecule has 2 rings (SSSR count). The van der Waals surface area contributed by atoms with Crippen LogP contribution in [0.5, 0.6) is 0 Å². The number of H-pyrrole nitrogens is 1. The van der Waals surface area contributed by atoms with Crippen molar-refractivity contribution in [3.8, 4) is 0 Å². The van der Waals surface area contributed by atoms with Gasteiger partial charge in [0, 0.05) is 18.2 Å². The molecule has 0 radical (unpaired) electrons. The number of rotatable bonds is 6. The van der Waals surface area contributed by atoms with E-state index in [1.165, 1.54) is 0 Å². The molecule has 0 saturated heterocycles. The molecule has 2 N–H and O–H groups in total. The Morgan fingerprint density at radius 1 is 1.28 bits per heavy atom. The van der Waals surface area contributed by atoms with Crippen molar-refractivity contribution >= 4 is 10.9 Å². The van der Waals surface area contributed by atoms with Crippen molar-refractivity contribution in [2.24, 2.45) is 0 Å². The summed E-state index contributed by atoms with van der Waals surface area (Å²) in [5, 5.41) is 1.01. The third-order valence-electron chi connectivity index (χ3n) is 2.58. The molecule has 5 heteroatoms. The molecule has 0 aliphatic rings. The van der Waals surface area contributed by atoms with Crippen LogP contribution in [0.15, 0.2) is 35.1 Å². The molecule has 1 aromatic carbocycles. The number of hydrogen-bond donors (Lipinski definition) is 2. The summed E-state index contributed by atoms with van der Waals surface area (Å²) < 4.78 is 4.84. The molecule has 0 atom stereocenters. The van der Waals surface area contributed by atoms with Gasteiger partial charge in [-0.3, -0.25) is 9.63 Å². The van der Waals surface area contributed by atoms with Gasteiger partial charge in [-0.25, -0.2) is 0 Å². The summed E-state index contributed by atoms with van der Waals surface area (Å²) in [5.41, 5.74) is 4.13. The van der Waals surface area contributed by atoms with Gasteiger partial charge in [-0.1, -0.05) is 18.2 Å². The van der Waals surface area contributed by atoms with Gasteiger partial charge < -0.3 is 9.72 Å². The molecule has 0 aliphatic carbocycles. The number of ether oxygens (including phenoxy) is 1. The normalized spacial score (nSPS) is 10.9. The van der Waals surface area contributed by atoms with E-state index in [4.69, 9.17) is 9.57 Å². The Kier molecular flexibility index (Phi) is 4.46. The van der Waals surface area contributed by atoms with Gasteiger partial charge in [0.1, 0.15) is 0 Å². The third kappa shape index (κ3) is 3.16. The van der Waals surface area contributed by atoms with Crippen molar-refractivity contribution in [1.82, 2.24) is 10.5 Å². The fourth-order valence-corrected chi connectivity index (χ4v) is 1.65. The van der Waals surface area contributed by atoms with Crippen molar-refractivity contribution in [2.75, 3.05) is 20.3 Å². The van der Waals surface area contributed by atoms with E-state index in [0.717, 1.165) is 10.9 Å². The molecule has 0 amide bonds. The highest BCUT2D eigenvalue weighted by Gasteiger charge is 2.02. The average Bonchev–Trinajstić information content (AvgIpc) is 2.39. The lowest BCUT2D eigenvalue weighted by atomic mass is 10.1. The molecule has 0 aliphatic heterocycles. The van der Waals surface area contributed by atoms with Crippen LogP contribution in [-0.4, -0.2) is 25.3 Å². The van der Waals surface area contributed by atoms with E-state index < -0.39 is 0 Å². The molecule has 1 heterocycles. The first-order valence-corrected chi connectivity index (χ1v) is 5.76. The van der Waals surface area contributed by atoms with Gasteiger partial charge in [0.2, 0.25) is 0 Å². The van der Waals surface area contributed by atoms with Crippen molar-refractivity contribution in [3.05, 3.63) is 46.2 Å². The molecule has 0 unspecified atom stereocenters. The van der Waals surface area contributed by atoms with E-state index in [2.05, 4.69) is 10.5 Å². The fourth-order valence-electron chi connectivity index (χ4n) is 1.65. The molecule has 0 bridgehead atoms. The molecule has 2 aromatic rings. The van der Waals surface area contributed by atoms with Gasteiger partial charge >= 0.3 is 0 Å². The van der Waals surface area contributed by atoms with Gasteiger partial charge in [-0.15, -0.1) is 0 Å². The molecule has 0 spiro atoms. The van der Waals surface area contributed by atoms with Crippen molar-refractivity contribution in [1.29, 1.82) is 0 Å². The van der Waals surface area contributed by atoms with Gasteiger partial charge in [-0.05, 0) is 17.5 Å². The number of aromatic nitrogens is 1. The van der Waals surface area contributed by atoms with E-state index in [0.29, 0.717) is 25.3 Å². The lowest BCUT2D eigenvalue weighted by Gasteiger charge is -2.06. The first-order valence-electron chi connectivity index (χ1n) is 5.76. The smallest absolute Gasteiger partial charge is 0.253 e. The minimum atomic E-state index is -0.100. The molecule has 0 fully saturated rings. The van der Waals surface area contributed by atoms with E-state index in [1.54, 1.807) is 7.11 Å². The largest absolute Gasteiger partial charge is 0.382 e. The highest BCUT2D eigenvalue weighted by Crippen LogP contribution is 2.09. The second-order valence-corrected chi connectivity index (χ2v) is 3.87. The summed E-state index contributed by atoms with van der Waals surface area (Å²) in [7, 11) is 1.61. The van der Waals surface area contributed by atoms with Crippen LogP contribution in [-0.2, 0) is 16.1 Å². The zero-order chi connectivity index (χ0) is 12.8. The number of benzene rings is 1. The Labute approximate surface area is 105 Å². The van der Waals surface area contributed by atoms with Crippen molar-refractivity contribution in [3.63, 3.8) is 0 Å². The Bertz CT molecular complexity index is 565. The Hall–Kier alpha value is -1.69. The predicted molar refractivity (Wildman–Crippen MR) is 69.2 cm³/mol. The van der Waals surface area contributed by atoms with Crippen molar-refractivity contribution in [2.45, 2.75) is 6.54 Å². The van der Waals surface area contributed by atoms with Crippen LogP contribution in [0.4, 0.5) is 0 Å². The maximum Gasteiger partial charge on any atom is 0.253 e. The van der Waals surface area contributed by atoms with Crippen LogP contribution in [0.25, 0.3) is 10.9 Å². The van der Waals surface area contributed by atoms with Gasteiger partial charge in [0.15, 0.2) is 0 Å². The third-order valence-corrected chi connectivity index (χ3v) is 2.58. The maximum atomic E-state index is 11.8. The second-order valence-electron chi connectivity index (χ2n) is 3.87. The maximum absolute atomic E-state index is 11.8. The Morgan fingerprint density at radius 3 is 2.94 bits per heavy atom. The monoisotopic (exact) mass is 248 g/mol. The quantitative estimate of drug-likeness (QED) is 0.595. The molecule has 96 valence electrons. The number of fused-ring (bicyclic) bond motifs is 1. The molecular formula is C13H16N2O3. The first kappa shape index (κ1) is 12.8. The molecule has 1 aromatic heterocycles. The summed E-state index contributed by atoms with van der Waals surface area (Å²) in [6, 6.07) is 9.53. The number of aromatic amines is 1. The van der Waals surface area contributed by atoms with Gasteiger partial charge in [0.25, 0.3) is 5.56 Å². The van der Waals surface area contributed by atoms with Crippen molar-refractivity contribution < 1.29 is 9.57 Å². The summed E-state index contributed by atoms with van der Waals surface area (Å²) >= 11 is 0. The number of hydrogen-bond acceptors (Lipinski definition) is 4. The van der Waals surface area contributed by atoms with E-state index >= 15 is 0 Å². The van der Waals surface area contributed by atoms with Gasteiger partial charge in [0.05, 0.1) is 19.8 Å². The second kappa shape index (κ2) is 6.30. The standard InChI is InChI=1S/C13H16N2O3/c1-17-6-7-18-14-9-11-8-10-4-2-3-5-12(10)15-13(11)16/h2-5,8,14H,6-7,9H2,1H3,(H,15,16). The van der Waals surface area contributed by atoms with Crippen LogP contribution in [0.3, 0.4) is 0 Å². The number of para-hydroxylation sites is 1. The number of hydroxylamine groups is 1. The topological polar surface area (TPSA) is 63.4 Å². The highest BCUT2D eigenvalue weighted by molar-refractivity contribution is 5.78. The van der Waals surface area contributed by atoms with Crippen LogP contribution >= 0.6 is 0 Å². The van der Waals surface area contributed by atoms with Crippen LogP contribution in [0, 0.1) is 0 Å². The van der Waals surface area contributed by atoms with Crippen LogP contribution < -0.4 is 11.0 Å². The highest BCUT2D eigenvalue weighted by atomic mass is 16.7. The molecule has 0 saturated carbocycles. The minimum Gasteiger partial charge on any atom is -0.382 e. The summed E-state index contributed by atoms with van der Waals surface area (Å²) in [6.07, 6.45) is 0. The van der Waals surface area contributed by atoms with E-state index in [-0.39, 0.29) is 5.56 Å². The molecule has 18 heavy (non-hydrogen) atoms. The lowest BCUT2D eigenvalue weighted by Crippen LogP contribution is -2.22. The summed E-state index contributed by atoms with van der Waals surface area (Å²) in [6.45, 7) is 1.33. The average molecular weight is 248 g/mol. The zero-order valence-corrected chi connectivity index (χ0v) is 10.2. The lowest BCUT2D eigenvalue weighted by molar-refractivity contribution is 0.00333. The van der Waals surface area contributed by atoms with E-state index in [9.17, 15) is 4.79 Å². The molecular weight excluding hydrogens is 232 g/mol. The summed E-state index contributed by atoms with van der Waals surface area (Å²) in [5.74, 6) is 0. The first-order chi connectivity index (χ1) is 8.81. The SMILES string of the molecule is COCCONCc1cc2ccccc2[nH]c1=O. The number of nitrogens with one attached hydrogen (secondary N) is 2. The zero-order valence-electron chi connectivity index (χ0n) is 10.2. The molecule has 5 nitrogen and oxygen atoms in total. The Morgan fingerprint density at radius 2 is 2.11 bits per heavy atom. The van der Waals surface area contributed by atoms with Gasteiger partial charge in [-0.2, -0.15) is 5.48 Å². The Balaban J connectivity index is 2.04. The van der Waals surface area contributed by atoms with Crippen LogP contribution in [0.1, 0.15) is 5.56 Å². The summed E-state index contributed by atoms with van der Waals surface area (Å²) in [4.78, 5) is 19.7.